The van der Waals surface area contributed by atoms with Gasteiger partial charge < -0.3 is 10.9 Å². The van der Waals surface area contributed by atoms with Crippen LogP contribution in [0.25, 0.3) is 11.1 Å². The lowest BCUT2D eigenvalue weighted by Crippen LogP contribution is -1.99. The summed E-state index contributed by atoms with van der Waals surface area (Å²) in [5.41, 5.74) is 10.5. The molecule has 84 valence electrons. The molecule has 0 heterocycles. The summed E-state index contributed by atoms with van der Waals surface area (Å²) in [6.07, 6.45) is 0. The number of anilines is 1. The van der Waals surface area contributed by atoms with E-state index in [0.29, 0.717) is 16.4 Å². The summed E-state index contributed by atoms with van der Waals surface area (Å²) >= 11 is 6.02. The van der Waals surface area contributed by atoms with Gasteiger partial charge in [-0.05, 0) is 23.3 Å². The second-order valence-electron chi connectivity index (χ2n) is 3.91. The largest absolute Gasteiger partial charge is 0.410 e. The third-order valence-corrected chi connectivity index (χ3v) is 3.29. The Hall–Kier alpha value is -2.00. The summed E-state index contributed by atoms with van der Waals surface area (Å²) in [7, 11) is 0. The number of halogens is 1. The Balaban J connectivity index is 2.40. The fourth-order valence-corrected chi connectivity index (χ4v) is 2.35. The van der Waals surface area contributed by atoms with Crippen LogP contribution in [0.2, 0.25) is 5.02 Å². The Morgan fingerprint density at radius 1 is 1.00 bits per heavy atom. The van der Waals surface area contributed by atoms with Gasteiger partial charge in [-0.1, -0.05) is 41.0 Å². The molecule has 0 saturated carbocycles. The van der Waals surface area contributed by atoms with Crippen LogP contribution in [-0.2, 0) is 0 Å². The highest BCUT2D eigenvalue weighted by Gasteiger charge is 2.25. The number of hydrogen-bond donors (Lipinski definition) is 2. The van der Waals surface area contributed by atoms with Crippen molar-refractivity contribution < 1.29 is 5.21 Å². The van der Waals surface area contributed by atoms with Crippen molar-refractivity contribution in [2.24, 2.45) is 5.16 Å². The highest BCUT2D eigenvalue weighted by atomic mass is 35.5. The van der Waals surface area contributed by atoms with Gasteiger partial charge >= 0.3 is 0 Å². The minimum Gasteiger partial charge on any atom is -0.410 e. The summed E-state index contributed by atoms with van der Waals surface area (Å²) < 4.78 is 0. The van der Waals surface area contributed by atoms with Gasteiger partial charge in [0.15, 0.2) is 0 Å². The smallest absolute Gasteiger partial charge is 0.118 e. The van der Waals surface area contributed by atoms with E-state index in [0.717, 1.165) is 22.3 Å². The number of fused-ring (bicyclic) bond motifs is 3. The van der Waals surface area contributed by atoms with Gasteiger partial charge in [0.1, 0.15) is 5.71 Å². The maximum Gasteiger partial charge on any atom is 0.118 e. The fraction of sp³-hybridized carbons (Fsp3) is 0. The number of oxime groups is 1. The molecule has 1 aliphatic carbocycles. The van der Waals surface area contributed by atoms with Crippen molar-refractivity contribution in [2.45, 2.75) is 0 Å². The zero-order chi connectivity index (χ0) is 12.0. The van der Waals surface area contributed by atoms with Crippen molar-refractivity contribution in [3.05, 3.63) is 52.5 Å². The quantitative estimate of drug-likeness (QED) is 0.363. The number of rotatable bonds is 0. The normalized spacial score (nSPS) is 14.8. The van der Waals surface area contributed by atoms with Crippen LogP contribution in [0.3, 0.4) is 0 Å². The third kappa shape index (κ3) is 1.33. The van der Waals surface area contributed by atoms with Crippen molar-refractivity contribution >= 4 is 23.0 Å². The van der Waals surface area contributed by atoms with E-state index >= 15 is 0 Å². The molecule has 0 aromatic heterocycles. The topological polar surface area (TPSA) is 58.6 Å². The lowest BCUT2D eigenvalue weighted by molar-refractivity contribution is 0.320. The van der Waals surface area contributed by atoms with Crippen LogP contribution in [0.1, 0.15) is 11.1 Å². The summed E-state index contributed by atoms with van der Waals surface area (Å²) in [4.78, 5) is 0. The molecule has 3 N–H and O–H groups in total. The maximum atomic E-state index is 9.13. The second-order valence-corrected chi connectivity index (χ2v) is 4.32. The van der Waals surface area contributed by atoms with E-state index in [9.17, 15) is 0 Å². The molecular weight excluding hydrogens is 236 g/mol. The molecule has 3 nitrogen and oxygen atoms in total. The molecule has 1 aliphatic rings. The van der Waals surface area contributed by atoms with Gasteiger partial charge in [0, 0.05) is 11.1 Å². The van der Waals surface area contributed by atoms with Gasteiger partial charge in [0.25, 0.3) is 0 Å². The highest BCUT2D eigenvalue weighted by molar-refractivity contribution is 6.34. The molecule has 0 aliphatic heterocycles. The van der Waals surface area contributed by atoms with Crippen molar-refractivity contribution in [3.63, 3.8) is 0 Å². The summed E-state index contributed by atoms with van der Waals surface area (Å²) in [5, 5.41) is 13.0. The number of hydrogen-bond acceptors (Lipinski definition) is 3. The molecule has 0 spiro atoms. The number of nitrogen functional groups attached to an aromatic ring is 1. The summed E-state index contributed by atoms with van der Waals surface area (Å²) in [6, 6.07) is 11.3. The van der Waals surface area contributed by atoms with Crippen LogP contribution in [0, 0.1) is 0 Å². The Morgan fingerprint density at radius 2 is 1.71 bits per heavy atom. The van der Waals surface area contributed by atoms with Crippen molar-refractivity contribution in [1.82, 2.24) is 0 Å². The molecule has 0 unspecified atom stereocenters. The average Bonchev–Trinajstić information content (AvgIpc) is 2.63. The minimum absolute atomic E-state index is 0.486. The molecule has 0 fully saturated rings. The predicted molar refractivity (Wildman–Crippen MR) is 68.7 cm³/mol. The monoisotopic (exact) mass is 244 g/mol. The van der Waals surface area contributed by atoms with E-state index < -0.39 is 0 Å². The van der Waals surface area contributed by atoms with Gasteiger partial charge in [-0.15, -0.1) is 0 Å². The zero-order valence-electron chi connectivity index (χ0n) is 8.81. The van der Waals surface area contributed by atoms with E-state index in [1.165, 1.54) is 0 Å². The number of benzene rings is 2. The summed E-state index contributed by atoms with van der Waals surface area (Å²) in [5.74, 6) is 0. The molecule has 0 atom stereocenters. The Kier molecular flexibility index (Phi) is 2.09. The molecule has 2 aromatic rings. The van der Waals surface area contributed by atoms with Gasteiger partial charge in [-0.3, -0.25) is 0 Å². The van der Waals surface area contributed by atoms with E-state index in [4.69, 9.17) is 22.5 Å². The molecule has 2 aromatic carbocycles. The van der Waals surface area contributed by atoms with E-state index in [1.807, 2.05) is 30.3 Å². The summed E-state index contributed by atoms with van der Waals surface area (Å²) in [6.45, 7) is 0. The van der Waals surface area contributed by atoms with E-state index in [2.05, 4.69) is 5.16 Å². The fourth-order valence-electron chi connectivity index (χ4n) is 2.19. The SMILES string of the molecule is Nc1cc2c(cc1Cl)-c1ccccc1/C2=N\O. The van der Waals surface area contributed by atoms with Crippen molar-refractivity contribution in [1.29, 1.82) is 0 Å². The standard InChI is InChI=1S/C13H9ClN2O/c14-11-5-9-7-3-1-2-4-8(7)13(16-17)10(9)6-12(11)15/h1-6,17H,15H2/b16-13+. The third-order valence-electron chi connectivity index (χ3n) is 2.96. The first-order valence-corrected chi connectivity index (χ1v) is 5.51. The van der Waals surface area contributed by atoms with Crippen LogP contribution in [0.5, 0.6) is 0 Å². The first-order valence-electron chi connectivity index (χ1n) is 5.13. The van der Waals surface area contributed by atoms with Crippen LogP contribution in [-0.4, -0.2) is 10.9 Å². The lowest BCUT2D eigenvalue weighted by atomic mass is 10.1. The van der Waals surface area contributed by atoms with Gasteiger partial charge in [0.05, 0.1) is 10.7 Å². The maximum absolute atomic E-state index is 9.13. The number of nitrogens with two attached hydrogens (primary N) is 1. The molecule has 3 rings (SSSR count). The van der Waals surface area contributed by atoms with Crippen molar-refractivity contribution in [2.75, 3.05) is 5.73 Å². The zero-order valence-corrected chi connectivity index (χ0v) is 9.57. The van der Waals surface area contributed by atoms with E-state index in [-0.39, 0.29) is 0 Å². The van der Waals surface area contributed by atoms with Gasteiger partial charge in [-0.2, -0.15) is 0 Å². The Morgan fingerprint density at radius 3 is 2.41 bits per heavy atom. The molecule has 0 amide bonds. The molecular formula is C13H9ClN2O. The molecule has 17 heavy (non-hydrogen) atoms. The predicted octanol–water partition coefficient (Wildman–Crippen LogP) is 3.13. The average molecular weight is 245 g/mol. The Bertz CT molecular complexity index is 650. The van der Waals surface area contributed by atoms with Crippen LogP contribution in [0.4, 0.5) is 5.69 Å². The van der Waals surface area contributed by atoms with Crippen LogP contribution < -0.4 is 5.73 Å². The molecule has 4 heteroatoms. The number of nitrogens with zero attached hydrogens (tertiary/aromatic N) is 1. The molecule has 0 bridgehead atoms. The van der Waals surface area contributed by atoms with Gasteiger partial charge in [0.2, 0.25) is 0 Å². The minimum atomic E-state index is 0.486. The molecule has 0 saturated heterocycles. The Labute approximate surface area is 103 Å². The van der Waals surface area contributed by atoms with Crippen LogP contribution in [0.15, 0.2) is 41.6 Å². The second kappa shape index (κ2) is 3.50. The lowest BCUT2D eigenvalue weighted by Gasteiger charge is -2.03. The highest BCUT2D eigenvalue weighted by Crippen LogP contribution is 2.40. The molecule has 0 radical (unpaired) electrons. The van der Waals surface area contributed by atoms with Gasteiger partial charge in [-0.25, -0.2) is 0 Å². The first-order chi connectivity index (χ1) is 8.22. The van der Waals surface area contributed by atoms with Crippen LogP contribution >= 0.6 is 11.6 Å². The van der Waals surface area contributed by atoms with Crippen molar-refractivity contribution in [3.8, 4) is 11.1 Å². The van der Waals surface area contributed by atoms with E-state index in [1.54, 1.807) is 6.07 Å². The first kappa shape index (κ1) is 10.2.